The standard InChI is InChI=1S/C11H11ClF3N/c1-10(2)5-16-9-7(10)3-6(12)4-8(9)11(13,14)15/h3-4,16H,5H2,1-2H3. The van der Waals surface area contributed by atoms with E-state index in [2.05, 4.69) is 5.32 Å². The topological polar surface area (TPSA) is 12.0 Å². The van der Waals surface area contributed by atoms with Gasteiger partial charge in [-0.2, -0.15) is 13.2 Å². The Labute approximate surface area is 96.6 Å². The minimum atomic E-state index is -4.37. The number of hydrogen-bond donors (Lipinski definition) is 1. The van der Waals surface area contributed by atoms with Gasteiger partial charge in [-0.05, 0) is 17.7 Å². The van der Waals surface area contributed by atoms with Crippen molar-refractivity contribution in [3.63, 3.8) is 0 Å². The summed E-state index contributed by atoms with van der Waals surface area (Å²) in [6, 6.07) is 2.57. The summed E-state index contributed by atoms with van der Waals surface area (Å²) in [6.45, 7) is 4.27. The zero-order valence-corrected chi connectivity index (χ0v) is 9.63. The first kappa shape index (κ1) is 11.6. The van der Waals surface area contributed by atoms with E-state index in [9.17, 15) is 13.2 Å². The van der Waals surface area contributed by atoms with Crippen LogP contribution in [0.25, 0.3) is 0 Å². The molecule has 1 heterocycles. The van der Waals surface area contributed by atoms with Crippen LogP contribution in [0.1, 0.15) is 25.0 Å². The van der Waals surface area contributed by atoms with Crippen molar-refractivity contribution in [3.8, 4) is 0 Å². The number of fused-ring (bicyclic) bond motifs is 1. The van der Waals surface area contributed by atoms with E-state index >= 15 is 0 Å². The monoisotopic (exact) mass is 249 g/mol. The van der Waals surface area contributed by atoms with Gasteiger partial charge in [-0.15, -0.1) is 0 Å². The Hall–Kier alpha value is -0.900. The van der Waals surface area contributed by atoms with E-state index in [1.165, 1.54) is 0 Å². The van der Waals surface area contributed by atoms with E-state index in [0.717, 1.165) is 6.07 Å². The molecule has 0 spiro atoms. The average molecular weight is 250 g/mol. The number of hydrogen-bond acceptors (Lipinski definition) is 1. The summed E-state index contributed by atoms with van der Waals surface area (Å²) in [5, 5.41) is 2.94. The van der Waals surface area contributed by atoms with Crippen LogP contribution in [-0.2, 0) is 11.6 Å². The second-order valence-electron chi connectivity index (χ2n) is 4.61. The Kier molecular flexibility index (Phi) is 2.38. The normalized spacial score (nSPS) is 18.1. The van der Waals surface area contributed by atoms with Crippen LogP contribution in [0.15, 0.2) is 12.1 Å². The van der Waals surface area contributed by atoms with Crippen LogP contribution in [0.2, 0.25) is 5.02 Å². The predicted octanol–water partition coefficient (Wildman–Crippen LogP) is 4.06. The lowest BCUT2D eigenvalue weighted by Crippen LogP contribution is -2.18. The van der Waals surface area contributed by atoms with Gasteiger partial charge in [-0.1, -0.05) is 25.4 Å². The van der Waals surface area contributed by atoms with E-state index in [1.807, 2.05) is 13.8 Å². The van der Waals surface area contributed by atoms with E-state index in [0.29, 0.717) is 12.1 Å². The fourth-order valence-corrected chi connectivity index (χ4v) is 2.18. The zero-order valence-electron chi connectivity index (χ0n) is 8.87. The molecule has 88 valence electrons. The molecule has 0 unspecified atom stereocenters. The Morgan fingerprint density at radius 2 is 1.94 bits per heavy atom. The Morgan fingerprint density at radius 1 is 1.31 bits per heavy atom. The number of alkyl halides is 3. The fourth-order valence-electron chi connectivity index (χ4n) is 1.96. The van der Waals surface area contributed by atoms with Gasteiger partial charge in [0.05, 0.1) is 11.3 Å². The minimum Gasteiger partial charge on any atom is -0.383 e. The summed E-state index contributed by atoms with van der Waals surface area (Å²) in [5.74, 6) is 0. The van der Waals surface area contributed by atoms with Gasteiger partial charge in [0.1, 0.15) is 0 Å². The lowest BCUT2D eigenvalue weighted by molar-refractivity contribution is -0.136. The maximum atomic E-state index is 12.8. The Balaban J connectivity index is 2.67. The van der Waals surface area contributed by atoms with Crippen LogP contribution in [0.4, 0.5) is 18.9 Å². The zero-order chi connectivity index (χ0) is 12.1. The van der Waals surface area contributed by atoms with Gasteiger partial charge in [0.15, 0.2) is 0 Å². The van der Waals surface area contributed by atoms with Crippen molar-refractivity contribution >= 4 is 17.3 Å². The van der Waals surface area contributed by atoms with Gasteiger partial charge in [0, 0.05) is 17.0 Å². The number of benzene rings is 1. The third-order valence-electron chi connectivity index (χ3n) is 2.84. The molecule has 0 saturated heterocycles. The summed E-state index contributed by atoms with van der Waals surface area (Å²) in [4.78, 5) is 0. The highest BCUT2D eigenvalue weighted by atomic mass is 35.5. The first-order valence-corrected chi connectivity index (χ1v) is 5.25. The molecule has 16 heavy (non-hydrogen) atoms. The Bertz CT molecular complexity index is 438. The second-order valence-corrected chi connectivity index (χ2v) is 5.05. The Morgan fingerprint density at radius 3 is 2.50 bits per heavy atom. The van der Waals surface area contributed by atoms with Crippen molar-refractivity contribution in [1.29, 1.82) is 0 Å². The second kappa shape index (κ2) is 3.29. The molecular formula is C11H11ClF3N. The molecule has 1 aromatic rings. The molecule has 0 amide bonds. The molecule has 0 atom stereocenters. The first-order chi connectivity index (χ1) is 7.22. The molecule has 0 bridgehead atoms. The molecule has 1 aromatic carbocycles. The van der Waals surface area contributed by atoms with Gasteiger partial charge in [0.2, 0.25) is 0 Å². The number of nitrogens with one attached hydrogen (secondary N) is 1. The minimum absolute atomic E-state index is 0.128. The van der Waals surface area contributed by atoms with Crippen molar-refractivity contribution in [2.75, 3.05) is 11.9 Å². The first-order valence-electron chi connectivity index (χ1n) is 4.87. The molecule has 1 aliphatic rings. The molecule has 5 heteroatoms. The largest absolute Gasteiger partial charge is 0.418 e. The highest BCUT2D eigenvalue weighted by Gasteiger charge is 2.40. The molecule has 1 aliphatic heterocycles. The van der Waals surface area contributed by atoms with Crippen molar-refractivity contribution in [1.82, 2.24) is 0 Å². The van der Waals surface area contributed by atoms with Crippen molar-refractivity contribution in [2.24, 2.45) is 0 Å². The predicted molar refractivity (Wildman–Crippen MR) is 58.0 cm³/mol. The highest BCUT2D eigenvalue weighted by Crippen LogP contribution is 2.45. The molecule has 0 radical (unpaired) electrons. The van der Waals surface area contributed by atoms with Crippen LogP contribution >= 0.6 is 11.6 Å². The van der Waals surface area contributed by atoms with Gasteiger partial charge >= 0.3 is 6.18 Å². The van der Waals surface area contributed by atoms with Crippen molar-refractivity contribution < 1.29 is 13.2 Å². The summed E-state index contributed by atoms with van der Waals surface area (Å²) < 4.78 is 38.3. The van der Waals surface area contributed by atoms with Gasteiger partial charge < -0.3 is 5.32 Å². The van der Waals surface area contributed by atoms with E-state index in [4.69, 9.17) is 11.6 Å². The molecule has 1 nitrogen and oxygen atoms in total. The molecule has 2 rings (SSSR count). The van der Waals surface area contributed by atoms with Crippen LogP contribution in [-0.4, -0.2) is 6.54 Å². The van der Waals surface area contributed by atoms with E-state index in [-0.39, 0.29) is 16.1 Å². The quantitative estimate of drug-likeness (QED) is 0.731. The van der Waals surface area contributed by atoms with Gasteiger partial charge in [0.25, 0.3) is 0 Å². The number of rotatable bonds is 0. The maximum absolute atomic E-state index is 12.8. The molecule has 0 aromatic heterocycles. The lowest BCUT2D eigenvalue weighted by atomic mass is 9.86. The lowest BCUT2D eigenvalue weighted by Gasteiger charge is -2.18. The van der Waals surface area contributed by atoms with Gasteiger partial charge in [-0.25, -0.2) is 0 Å². The van der Waals surface area contributed by atoms with E-state index in [1.54, 1.807) is 6.07 Å². The van der Waals surface area contributed by atoms with Crippen molar-refractivity contribution in [2.45, 2.75) is 25.4 Å². The SMILES string of the molecule is CC1(C)CNc2c(C(F)(F)F)cc(Cl)cc21. The number of halogens is 4. The third-order valence-corrected chi connectivity index (χ3v) is 3.06. The fraction of sp³-hybridized carbons (Fsp3) is 0.455. The smallest absolute Gasteiger partial charge is 0.383 e. The summed E-state index contributed by atoms with van der Waals surface area (Å²) in [7, 11) is 0. The summed E-state index contributed by atoms with van der Waals surface area (Å²) in [5.41, 5.74) is -0.199. The summed E-state index contributed by atoms with van der Waals surface area (Å²) >= 11 is 5.73. The molecule has 0 aliphatic carbocycles. The van der Waals surface area contributed by atoms with E-state index < -0.39 is 11.7 Å². The molecule has 0 saturated carbocycles. The molecule has 0 fully saturated rings. The van der Waals surface area contributed by atoms with Crippen LogP contribution in [0.5, 0.6) is 0 Å². The average Bonchev–Trinajstić information content (AvgIpc) is 2.40. The van der Waals surface area contributed by atoms with Crippen molar-refractivity contribution in [3.05, 3.63) is 28.3 Å². The number of anilines is 1. The van der Waals surface area contributed by atoms with Crippen LogP contribution < -0.4 is 5.32 Å². The maximum Gasteiger partial charge on any atom is 0.418 e. The molecule has 1 N–H and O–H groups in total. The van der Waals surface area contributed by atoms with Crippen LogP contribution in [0.3, 0.4) is 0 Å². The molecular weight excluding hydrogens is 239 g/mol. The highest BCUT2D eigenvalue weighted by molar-refractivity contribution is 6.30. The van der Waals surface area contributed by atoms with Crippen LogP contribution in [0, 0.1) is 0 Å². The third kappa shape index (κ3) is 1.75. The summed E-state index contributed by atoms with van der Waals surface area (Å²) in [6.07, 6.45) is -4.37. The van der Waals surface area contributed by atoms with Gasteiger partial charge in [-0.3, -0.25) is 0 Å².